The summed E-state index contributed by atoms with van der Waals surface area (Å²) in [5.41, 5.74) is 1.20. The van der Waals surface area contributed by atoms with Gasteiger partial charge >= 0.3 is 0 Å². The molecule has 2 amide bonds. The van der Waals surface area contributed by atoms with Gasteiger partial charge in [-0.1, -0.05) is 41.0 Å². The second-order valence-electron chi connectivity index (χ2n) is 6.66. The number of carbonyl (C=O) groups is 2. The van der Waals surface area contributed by atoms with Gasteiger partial charge in [-0.3, -0.25) is 9.59 Å². The molecule has 0 saturated carbocycles. The van der Waals surface area contributed by atoms with Gasteiger partial charge in [0.2, 0.25) is 5.91 Å². The number of carbonyl (C=O) groups excluding carboxylic acids is 2. The monoisotopic (exact) mass is 509 g/mol. The first-order valence-corrected chi connectivity index (χ1v) is 12.5. The van der Waals surface area contributed by atoms with Crippen molar-refractivity contribution in [3.8, 4) is 0 Å². The summed E-state index contributed by atoms with van der Waals surface area (Å²) in [5, 5.41) is 15.4. The second kappa shape index (κ2) is 11.6. The third-order valence-corrected chi connectivity index (χ3v) is 6.91. The fourth-order valence-electron chi connectivity index (χ4n) is 2.74. The van der Waals surface area contributed by atoms with Crippen molar-refractivity contribution in [2.75, 3.05) is 23.9 Å². The summed E-state index contributed by atoms with van der Waals surface area (Å²) in [4.78, 5) is 25.6. The van der Waals surface area contributed by atoms with E-state index in [2.05, 4.69) is 20.8 Å². The molecule has 0 aliphatic heterocycles. The minimum Gasteiger partial charge on any atom is -0.352 e. The van der Waals surface area contributed by atoms with Crippen molar-refractivity contribution in [1.29, 1.82) is 0 Å². The minimum atomic E-state index is -0.248. The van der Waals surface area contributed by atoms with E-state index in [1.54, 1.807) is 23.9 Å². The number of rotatable bonds is 9. The van der Waals surface area contributed by atoms with E-state index in [9.17, 15) is 9.59 Å². The highest BCUT2D eigenvalue weighted by molar-refractivity contribution is 7.99. The van der Waals surface area contributed by atoms with Crippen LogP contribution in [0.2, 0.25) is 10.0 Å². The topological polar surface area (TPSA) is 88.9 Å². The summed E-state index contributed by atoms with van der Waals surface area (Å²) in [6.45, 7) is 0.377. The lowest BCUT2D eigenvalue weighted by Crippen LogP contribution is -2.26. The van der Waals surface area contributed by atoms with Gasteiger partial charge in [0.15, 0.2) is 5.16 Å². The van der Waals surface area contributed by atoms with Crippen molar-refractivity contribution in [2.45, 2.75) is 16.5 Å². The molecule has 7 nitrogen and oxygen atoms in total. The zero-order valence-electron chi connectivity index (χ0n) is 17.4. The van der Waals surface area contributed by atoms with Crippen molar-refractivity contribution in [3.63, 3.8) is 0 Å². The van der Waals surface area contributed by atoms with Crippen LogP contribution < -0.4 is 10.6 Å². The van der Waals surface area contributed by atoms with Gasteiger partial charge in [-0.25, -0.2) is 0 Å². The Bertz CT molecular complexity index is 1120. The maximum Gasteiger partial charge on any atom is 0.251 e. The van der Waals surface area contributed by atoms with Gasteiger partial charge < -0.3 is 15.2 Å². The van der Waals surface area contributed by atoms with E-state index in [1.165, 1.54) is 17.8 Å². The molecule has 0 spiro atoms. The van der Waals surface area contributed by atoms with Crippen molar-refractivity contribution < 1.29 is 9.59 Å². The Morgan fingerprint density at radius 2 is 1.91 bits per heavy atom. The SMILES string of the molecule is CSc1cccc(NC(=O)CSc2nnc(CCNC(=O)c3ccc(Cl)c(Cl)c3)n2C)c1. The van der Waals surface area contributed by atoms with Gasteiger partial charge in [-0.05, 0) is 42.7 Å². The number of halogens is 2. The van der Waals surface area contributed by atoms with Crippen LogP contribution in [0.1, 0.15) is 16.2 Å². The zero-order valence-corrected chi connectivity index (χ0v) is 20.5. The predicted octanol–water partition coefficient (Wildman–Crippen LogP) is 4.55. The molecular weight excluding hydrogens is 489 g/mol. The number of nitrogens with zero attached hydrogens (tertiary/aromatic N) is 3. The average Bonchev–Trinajstić information content (AvgIpc) is 3.13. The third kappa shape index (κ3) is 6.65. The molecule has 0 bridgehead atoms. The van der Waals surface area contributed by atoms with Crippen molar-refractivity contribution in [1.82, 2.24) is 20.1 Å². The summed E-state index contributed by atoms with van der Waals surface area (Å²) in [7, 11) is 1.83. The van der Waals surface area contributed by atoms with Crippen LogP contribution in [0.3, 0.4) is 0 Å². The molecule has 0 aliphatic rings. The third-order valence-electron chi connectivity index (χ3n) is 4.43. The molecule has 11 heteroatoms. The van der Waals surface area contributed by atoms with E-state index < -0.39 is 0 Å². The first kappa shape index (κ1) is 24.4. The molecule has 1 heterocycles. The van der Waals surface area contributed by atoms with Crippen molar-refractivity contribution >= 4 is 64.2 Å². The molecule has 0 atom stereocenters. The molecule has 2 aromatic carbocycles. The van der Waals surface area contributed by atoms with Crippen LogP contribution in [0.15, 0.2) is 52.5 Å². The molecule has 168 valence electrons. The molecule has 1 aromatic heterocycles. The number of hydrogen-bond acceptors (Lipinski definition) is 6. The van der Waals surface area contributed by atoms with E-state index in [0.717, 1.165) is 10.6 Å². The average molecular weight is 510 g/mol. The summed E-state index contributed by atoms with van der Waals surface area (Å²) in [6.07, 6.45) is 2.48. The first-order chi connectivity index (χ1) is 15.4. The van der Waals surface area contributed by atoms with Crippen LogP contribution in [-0.4, -0.2) is 45.1 Å². The highest BCUT2D eigenvalue weighted by atomic mass is 35.5. The van der Waals surface area contributed by atoms with E-state index in [4.69, 9.17) is 23.2 Å². The van der Waals surface area contributed by atoms with Crippen LogP contribution >= 0.6 is 46.7 Å². The molecule has 3 aromatic rings. The van der Waals surface area contributed by atoms with Crippen LogP contribution in [0.5, 0.6) is 0 Å². The van der Waals surface area contributed by atoms with Crippen LogP contribution in [0.25, 0.3) is 0 Å². The molecule has 2 N–H and O–H groups in total. The van der Waals surface area contributed by atoms with Gasteiger partial charge in [-0.2, -0.15) is 0 Å². The molecule has 0 aliphatic carbocycles. The number of thioether (sulfide) groups is 2. The van der Waals surface area contributed by atoms with E-state index >= 15 is 0 Å². The summed E-state index contributed by atoms with van der Waals surface area (Å²) < 4.78 is 1.82. The lowest BCUT2D eigenvalue weighted by molar-refractivity contribution is -0.113. The maximum absolute atomic E-state index is 12.3. The molecule has 0 saturated heterocycles. The number of anilines is 1. The summed E-state index contributed by atoms with van der Waals surface area (Å²) >= 11 is 14.8. The van der Waals surface area contributed by atoms with E-state index in [-0.39, 0.29) is 17.6 Å². The van der Waals surface area contributed by atoms with Gasteiger partial charge in [0.25, 0.3) is 5.91 Å². The molecular formula is C21H21Cl2N5O2S2. The molecule has 0 radical (unpaired) electrons. The highest BCUT2D eigenvalue weighted by Crippen LogP contribution is 2.23. The Labute approximate surface area is 204 Å². The van der Waals surface area contributed by atoms with E-state index in [1.807, 2.05) is 42.1 Å². The smallest absolute Gasteiger partial charge is 0.251 e. The number of benzene rings is 2. The number of amides is 2. The Kier molecular flexibility index (Phi) is 8.86. The van der Waals surface area contributed by atoms with Gasteiger partial charge in [0, 0.05) is 36.2 Å². The largest absolute Gasteiger partial charge is 0.352 e. The fourth-order valence-corrected chi connectivity index (χ4v) is 4.23. The van der Waals surface area contributed by atoms with Crippen LogP contribution in [0.4, 0.5) is 5.69 Å². The zero-order chi connectivity index (χ0) is 23.1. The second-order valence-corrected chi connectivity index (χ2v) is 9.30. The maximum atomic E-state index is 12.3. The standard InChI is InChI=1S/C21H21Cl2N5O2S2/c1-28-18(8-9-24-20(30)13-6-7-16(22)17(23)10-13)26-27-21(28)32-12-19(29)25-14-4-3-5-15(11-14)31-2/h3-7,10-11H,8-9,12H2,1-2H3,(H,24,30)(H,25,29). The molecule has 3 rings (SSSR count). The van der Waals surface area contributed by atoms with Crippen molar-refractivity contribution in [3.05, 3.63) is 63.9 Å². The first-order valence-electron chi connectivity index (χ1n) is 9.55. The highest BCUT2D eigenvalue weighted by Gasteiger charge is 2.13. The lowest BCUT2D eigenvalue weighted by atomic mass is 10.2. The Morgan fingerprint density at radius 1 is 1.09 bits per heavy atom. The normalized spacial score (nSPS) is 10.8. The van der Waals surface area contributed by atoms with Crippen LogP contribution in [0, 0.1) is 0 Å². The molecule has 0 fully saturated rings. The van der Waals surface area contributed by atoms with Crippen molar-refractivity contribution in [2.24, 2.45) is 7.05 Å². The Balaban J connectivity index is 1.47. The Morgan fingerprint density at radius 3 is 2.66 bits per heavy atom. The molecule has 0 unspecified atom stereocenters. The Hall–Kier alpha value is -2.20. The van der Waals surface area contributed by atoms with E-state index in [0.29, 0.717) is 39.6 Å². The number of hydrogen-bond donors (Lipinski definition) is 2. The summed E-state index contributed by atoms with van der Waals surface area (Å²) in [5.74, 6) is 0.549. The number of aromatic nitrogens is 3. The minimum absolute atomic E-state index is 0.119. The van der Waals surface area contributed by atoms with Crippen LogP contribution in [-0.2, 0) is 18.3 Å². The van der Waals surface area contributed by atoms with Gasteiger partial charge in [0.1, 0.15) is 5.82 Å². The van der Waals surface area contributed by atoms with Gasteiger partial charge in [-0.15, -0.1) is 22.0 Å². The quantitative estimate of drug-likeness (QED) is 0.411. The number of nitrogens with one attached hydrogen (secondary N) is 2. The lowest BCUT2D eigenvalue weighted by Gasteiger charge is -2.07. The molecule has 32 heavy (non-hydrogen) atoms. The predicted molar refractivity (Wildman–Crippen MR) is 131 cm³/mol. The van der Waals surface area contributed by atoms with Gasteiger partial charge in [0.05, 0.1) is 15.8 Å². The fraction of sp³-hybridized carbons (Fsp3) is 0.238. The summed E-state index contributed by atoms with van der Waals surface area (Å²) in [6, 6.07) is 12.4.